The van der Waals surface area contributed by atoms with E-state index in [-0.39, 0.29) is 23.1 Å². The number of aromatic nitrogens is 3. The van der Waals surface area contributed by atoms with Crippen LogP contribution in [0.4, 0.5) is 28.8 Å². The van der Waals surface area contributed by atoms with E-state index in [1.54, 1.807) is 12.4 Å². The zero-order valence-electron chi connectivity index (χ0n) is 23.2. The summed E-state index contributed by atoms with van der Waals surface area (Å²) in [5, 5.41) is 9.84. The number of amides is 2. The molecular formula is C30H37N7O2. The lowest BCUT2D eigenvalue weighted by molar-refractivity contribution is -0.140. The summed E-state index contributed by atoms with van der Waals surface area (Å²) in [7, 11) is 0. The first kappa shape index (κ1) is 26.6. The van der Waals surface area contributed by atoms with Crippen LogP contribution in [0.5, 0.6) is 0 Å². The minimum Gasteiger partial charge on any atom is -0.342 e. The van der Waals surface area contributed by atoms with Crippen molar-refractivity contribution >= 4 is 40.6 Å². The van der Waals surface area contributed by atoms with Gasteiger partial charge in [0.25, 0.3) is 0 Å². The van der Waals surface area contributed by atoms with Crippen LogP contribution in [-0.2, 0) is 22.4 Å². The monoisotopic (exact) mass is 527 g/mol. The second-order valence-corrected chi connectivity index (χ2v) is 11.7. The van der Waals surface area contributed by atoms with E-state index < -0.39 is 0 Å². The Labute approximate surface area is 229 Å². The van der Waals surface area contributed by atoms with Gasteiger partial charge < -0.3 is 20.9 Å². The number of nitrogens with one attached hydrogen (secondary N) is 3. The van der Waals surface area contributed by atoms with Gasteiger partial charge in [-0.15, -0.1) is 0 Å². The molecule has 39 heavy (non-hydrogen) atoms. The summed E-state index contributed by atoms with van der Waals surface area (Å²) in [6, 6.07) is 8.06. The number of benzene rings is 1. The molecule has 3 N–H and O–H groups in total. The summed E-state index contributed by atoms with van der Waals surface area (Å²) in [4.78, 5) is 41.1. The summed E-state index contributed by atoms with van der Waals surface area (Å²) < 4.78 is 0. The molecule has 0 radical (unpaired) electrons. The molecular weight excluding hydrogens is 490 g/mol. The molecule has 6 bridgehead atoms. The number of fused-ring (bicyclic) bond motifs is 6. The Morgan fingerprint density at radius 3 is 2.59 bits per heavy atom. The van der Waals surface area contributed by atoms with Gasteiger partial charge in [0.15, 0.2) is 0 Å². The molecule has 0 unspecified atom stereocenters. The fourth-order valence-corrected chi connectivity index (χ4v) is 5.14. The van der Waals surface area contributed by atoms with Gasteiger partial charge in [0.05, 0.1) is 11.9 Å². The van der Waals surface area contributed by atoms with Gasteiger partial charge in [-0.3, -0.25) is 14.6 Å². The zero-order chi connectivity index (χ0) is 27.6. The average molecular weight is 528 g/mol. The van der Waals surface area contributed by atoms with Gasteiger partial charge in [0.2, 0.25) is 17.8 Å². The van der Waals surface area contributed by atoms with Gasteiger partial charge in [-0.1, -0.05) is 20.8 Å². The second-order valence-electron chi connectivity index (χ2n) is 11.7. The number of anilines is 5. The number of hydrogen-bond donors (Lipinski definition) is 3. The minimum atomic E-state index is -0.373. The number of rotatable bonds is 3. The molecule has 2 aromatic heterocycles. The molecule has 1 fully saturated rings. The molecule has 204 valence electrons. The third-order valence-electron chi connectivity index (χ3n) is 7.37. The number of hydrogen-bond acceptors (Lipinski definition) is 7. The molecule has 0 spiro atoms. The number of piperidine rings is 1. The normalized spacial score (nSPS) is 15.6. The SMILES string of the molecule is Cc1cnc2nc1Nc1ccc(NC(=O)CC3CCN(C(=O)C(C)(C)C)CC3)c(c1)CCc1cncc(c1)N2. The average Bonchev–Trinajstić information content (AvgIpc) is 2.90. The quantitative estimate of drug-likeness (QED) is 0.419. The highest BCUT2D eigenvalue weighted by Crippen LogP contribution is 2.29. The summed E-state index contributed by atoms with van der Waals surface area (Å²) in [6.07, 6.45) is 9.08. The Morgan fingerprint density at radius 2 is 1.82 bits per heavy atom. The Kier molecular flexibility index (Phi) is 7.50. The molecule has 5 rings (SSSR count). The third kappa shape index (κ3) is 6.53. The summed E-state index contributed by atoms with van der Waals surface area (Å²) in [6.45, 7) is 9.26. The van der Waals surface area contributed by atoms with Gasteiger partial charge in [-0.2, -0.15) is 4.98 Å². The maximum atomic E-state index is 13.1. The van der Waals surface area contributed by atoms with E-state index in [0.29, 0.717) is 25.5 Å². The van der Waals surface area contributed by atoms with E-state index in [9.17, 15) is 9.59 Å². The first-order chi connectivity index (χ1) is 18.6. The van der Waals surface area contributed by atoms with Crippen LogP contribution >= 0.6 is 0 Å². The lowest BCUT2D eigenvalue weighted by Crippen LogP contribution is -2.44. The number of carbonyl (C=O) groups excluding carboxylic acids is 2. The summed E-state index contributed by atoms with van der Waals surface area (Å²) in [5.41, 5.74) is 5.23. The van der Waals surface area contributed by atoms with Crippen LogP contribution in [0.2, 0.25) is 0 Å². The van der Waals surface area contributed by atoms with Gasteiger partial charge in [-0.05, 0) is 73.9 Å². The van der Waals surface area contributed by atoms with Crippen LogP contribution < -0.4 is 16.0 Å². The molecule has 2 amide bonds. The van der Waals surface area contributed by atoms with E-state index in [1.807, 2.05) is 50.9 Å². The number of likely N-dealkylation sites (tertiary alicyclic amines) is 1. The molecule has 3 aromatic rings. The predicted molar refractivity (Wildman–Crippen MR) is 153 cm³/mol. The van der Waals surface area contributed by atoms with Gasteiger partial charge >= 0.3 is 0 Å². The fraction of sp³-hybridized carbons (Fsp3) is 0.433. The van der Waals surface area contributed by atoms with Gasteiger partial charge in [-0.25, -0.2) is 4.98 Å². The van der Waals surface area contributed by atoms with Crippen LogP contribution in [-0.4, -0.2) is 44.8 Å². The lowest BCUT2D eigenvalue weighted by atomic mass is 9.89. The van der Waals surface area contributed by atoms with Crippen LogP contribution in [0, 0.1) is 18.3 Å². The number of nitrogens with zero attached hydrogens (tertiary/aromatic N) is 4. The Morgan fingerprint density at radius 1 is 1.03 bits per heavy atom. The maximum Gasteiger partial charge on any atom is 0.229 e. The Hall–Kier alpha value is -4.01. The second kappa shape index (κ2) is 11.0. The highest BCUT2D eigenvalue weighted by atomic mass is 16.2. The van der Waals surface area contributed by atoms with E-state index in [4.69, 9.17) is 0 Å². The molecule has 9 heteroatoms. The lowest BCUT2D eigenvalue weighted by Gasteiger charge is -2.35. The van der Waals surface area contributed by atoms with E-state index in [2.05, 4.69) is 43.0 Å². The highest BCUT2D eigenvalue weighted by Gasteiger charge is 2.31. The van der Waals surface area contributed by atoms with Crippen molar-refractivity contribution < 1.29 is 9.59 Å². The minimum absolute atomic E-state index is 0.0135. The number of pyridine rings is 1. The van der Waals surface area contributed by atoms with Crippen molar-refractivity contribution in [3.05, 3.63) is 59.5 Å². The van der Waals surface area contributed by atoms with Crippen molar-refractivity contribution in [3.8, 4) is 0 Å². The third-order valence-corrected chi connectivity index (χ3v) is 7.37. The maximum absolute atomic E-state index is 13.1. The van der Waals surface area contributed by atoms with Gasteiger partial charge in [0, 0.05) is 54.3 Å². The van der Waals surface area contributed by atoms with Crippen molar-refractivity contribution in [1.82, 2.24) is 19.9 Å². The molecule has 2 aliphatic heterocycles. The van der Waals surface area contributed by atoms with Crippen LogP contribution in [0.15, 0.2) is 42.9 Å². The topological polar surface area (TPSA) is 112 Å². The molecule has 0 atom stereocenters. The van der Waals surface area contributed by atoms with Crippen molar-refractivity contribution in [2.45, 2.75) is 59.8 Å². The standard InChI is InChI=1S/C30H37N7O2/c1-19-16-32-29-34-24-13-21(17-31-18-24)5-6-22-15-23(33-27(19)36-29)7-8-25(22)35-26(38)14-20-9-11-37(12-10-20)28(39)30(2,3)4/h7-8,13,15-18,20H,5-6,9-12,14H2,1-4H3,(H,35,38)(H2,32,33,34,36). The predicted octanol–water partition coefficient (Wildman–Crippen LogP) is 5.38. The molecule has 4 heterocycles. The smallest absolute Gasteiger partial charge is 0.229 e. The highest BCUT2D eigenvalue weighted by molar-refractivity contribution is 5.92. The van der Waals surface area contributed by atoms with Crippen molar-refractivity contribution in [3.63, 3.8) is 0 Å². The van der Waals surface area contributed by atoms with Crippen molar-refractivity contribution in [2.24, 2.45) is 11.3 Å². The number of carbonyl (C=O) groups is 2. The van der Waals surface area contributed by atoms with Crippen LogP contribution in [0.25, 0.3) is 0 Å². The van der Waals surface area contributed by atoms with E-state index in [1.165, 1.54) is 0 Å². The zero-order valence-corrected chi connectivity index (χ0v) is 23.2. The number of aryl methyl sites for hydroxylation is 3. The van der Waals surface area contributed by atoms with E-state index in [0.717, 1.165) is 65.3 Å². The molecule has 0 saturated carbocycles. The fourth-order valence-electron chi connectivity index (χ4n) is 5.14. The molecule has 1 aromatic carbocycles. The summed E-state index contributed by atoms with van der Waals surface area (Å²) in [5.74, 6) is 1.69. The van der Waals surface area contributed by atoms with E-state index >= 15 is 0 Å². The molecule has 1 saturated heterocycles. The van der Waals surface area contributed by atoms with Crippen molar-refractivity contribution in [2.75, 3.05) is 29.0 Å². The summed E-state index contributed by atoms with van der Waals surface area (Å²) >= 11 is 0. The van der Waals surface area contributed by atoms with Crippen molar-refractivity contribution in [1.29, 1.82) is 0 Å². The largest absolute Gasteiger partial charge is 0.342 e. The Balaban J connectivity index is 1.31. The first-order valence-electron chi connectivity index (χ1n) is 13.7. The Bertz CT molecular complexity index is 1370. The first-order valence-corrected chi connectivity index (χ1v) is 13.7. The molecule has 0 aliphatic carbocycles. The molecule has 2 aliphatic rings. The molecule has 9 nitrogen and oxygen atoms in total. The van der Waals surface area contributed by atoms with Crippen LogP contribution in [0.1, 0.15) is 56.7 Å². The van der Waals surface area contributed by atoms with Crippen LogP contribution in [0.3, 0.4) is 0 Å². The van der Waals surface area contributed by atoms with Gasteiger partial charge in [0.1, 0.15) is 5.82 Å².